The van der Waals surface area contributed by atoms with Crippen molar-refractivity contribution < 1.29 is 21.6 Å². The van der Waals surface area contributed by atoms with Gasteiger partial charge in [-0.25, -0.2) is 18.1 Å². The van der Waals surface area contributed by atoms with Crippen molar-refractivity contribution in [2.24, 2.45) is 7.05 Å². The van der Waals surface area contributed by atoms with Gasteiger partial charge in [-0.05, 0) is 23.3 Å². The number of hydrogen-bond acceptors (Lipinski definition) is 4. The Labute approximate surface area is 193 Å². The van der Waals surface area contributed by atoms with Crippen LogP contribution in [0.15, 0.2) is 77.7 Å². The first-order chi connectivity index (χ1) is 16.0. The third kappa shape index (κ3) is 5.35. The smallest absolute Gasteiger partial charge is 0.318 e. The summed E-state index contributed by atoms with van der Waals surface area (Å²) >= 11 is 0. The molecule has 1 N–H and O–H groups in total. The molecule has 0 radical (unpaired) electrons. The minimum atomic E-state index is -4.81. The van der Waals surface area contributed by atoms with Crippen molar-refractivity contribution in [2.75, 3.05) is 5.75 Å². The molecule has 0 atom stereocenters. The Morgan fingerprint density at radius 1 is 0.971 bits per heavy atom. The molecule has 0 saturated carbocycles. The van der Waals surface area contributed by atoms with E-state index in [0.717, 1.165) is 11.1 Å². The van der Waals surface area contributed by atoms with Gasteiger partial charge in [0.25, 0.3) is 5.56 Å². The quantitative estimate of drug-likeness (QED) is 0.441. The van der Waals surface area contributed by atoms with Gasteiger partial charge in [0.05, 0.1) is 16.6 Å². The molecule has 0 unspecified atom stereocenters. The first-order valence-corrected chi connectivity index (χ1v) is 11.9. The summed E-state index contributed by atoms with van der Waals surface area (Å²) in [5.41, 5.74) is 3.79. The number of benzene rings is 2. The Balaban J connectivity index is 1.71. The van der Waals surface area contributed by atoms with E-state index >= 15 is 0 Å². The fraction of sp³-hybridized carbons (Fsp3) is 0.167. The zero-order valence-electron chi connectivity index (χ0n) is 18.0. The molecule has 6 nitrogen and oxygen atoms in total. The Morgan fingerprint density at radius 3 is 2.29 bits per heavy atom. The molecule has 4 rings (SSSR count). The molecule has 2 aromatic carbocycles. The van der Waals surface area contributed by atoms with Crippen LogP contribution in [0.1, 0.15) is 5.56 Å². The van der Waals surface area contributed by atoms with E-state index in [9.17, 15) is 26.4 Å². The van der Waals surface area contributed by atoms with E-state index in [1.54, 1.807) is 49.6 Å². The first-order valence-electron chi connectivity index (χ1n) is 10.2. The van der Waals surface area contributed by atoms with Crippen LogP contribution in [-0.4, -0.2) is 29.9 Å². The van der Waals surface area contributed by atoms with Crippen molar-refractivity contribution in [2.45, 2.75) is 12.7 Å². The molecule has 0 fully saturated rings. The number of fused-ring (bicyclic) bond motifs is 1. The summed E-state index contributed by atoms with van der Waals surface area (Å²) in [5, 5.41) is 0.475. The van der Waals surface area contributed by atoms with Crippen molar-refractivity contribution in [1.29, 1.82) is 0 Å². The highest BCUT2D eigenvalue weighted by atomic mass is 32.2. The van der Waals surface area contributed by atoms with Gasteiger partial charge in [0.15, 0.2) is 5.75 Å². The Bertz CT molecular complexity index is 1500. The first kappa shape index (κ1) is 23.7. The van der Waals surface area contributed by atoms with E-state index in [4.69, 9.17) is 4.98 Å². The third-order valence-corrected chi connectivity index (χ3v) is 6.51. The summed E-state index contributed by atoms with van der Waals surface area (Å²) in [6.45, 7) is -0.272. The molecular weight excluding hydrogens is 467 g/mol. The van der Waals surface area contributed by atoms with Crippen molar-refractivity contribution >= 4 is 20.9 Å². The van der Waals surface area contributed by atoms with Crippen molar-refractivity contribution in [3.63, 3.8) is 0 Å². The van der Waals surface area contributed by atoms with Crippen molar-refractivity contribution in [1.82, 2.24) is 14.3 Å². The Hall–Kier alpha value is -3.50. The number of halogens is 3. The molecule has 34 heavy (non-hydrogen) atoms. The summed E-state index contributed by atoms with van der Waals surface area (Å²) < 4.78 is 63.9. The molecular formula is C24H20F3N3O3S. The van der Waals surface area contributed by atoms with Gasteiger partial charge in [-0.3, -0.25) is 4.79 Å². The highest BCUT2D eigenvalue weighted by Crippen LogP contribution is 2.32. The van der Waals surface area contributed by atoms with Crippen LogP contribution >= 0.6 is 0 Å². The summed E-state index contributed by atoms with van der Waals surface area (Å²) in [4.78, 5) is 17.4. The molecule has 0 amide bonds. The average Bonchev–Trinajstić information content (AvgIpc) is 2.79. The molecule has 4 aromatic rings. The van der Waals surface area contributed by atoms with Gasteiger partial charge in [-0.2, -0.15) is 13.2 Å². The van der Waals surface area contributed by atoms with E-state index in [-0.39, 0.29) is 12.1 Å². The number of pyridine rings is 2. The largest absolute Gasteiger partial charge is 0.404 e. The standard InChI is InChI=1S/C24H20F3N3O3S/c1-30-12-11-21-20(23(30)31)13-19(17-5-3-2-4-6-17)22(29-21)18-9-7-16(8-10-18)14-28-34(32,33)15-24(25,26)27/h2-13,28H,14-15H2,1H3. The second-order valence-corrected chi connectivity index (χ2v) is 9.61. The lowest BCUT2D eigenvalue weighted by Crippen LogP contribution is -2.33. The third-order valence-electron chi connectivity index (χ3n) is 5.22. The van der Waals surface area contributed by atoms with Gasteiger partial charge in [-0.1, -0.05) is 54.6 Å². The van der Waals surface area contributed by atoms with Crippen LogP contribution in [0.25, 0.3) is 33.3 Å². The summed E-state index contributed by atoms with van der Waals surface area (Å²) in [5.74, 6) is -1.93. The average molecular weight is 488 g/mol. The van der Waals surface area contributed by atoms with Crippen molar-refractivity contribution in [3.05, 3.63) is 88.8 Å². The SMILES string of the molecule is Cn1ccc2nc(-c3ccc(CNS(=O)(=O)CC(F)(F)F)cc3)c(-c3ccccc3)cc2c1=O. The number of alkyl halides is 3. The lowest BCUT2D eigenvalue weighted by molar-refractivity contribution is -0.106. The predicted molar refractivity (Wildman–Crippen MR) is 125 cm³/mol. The highest BCUT2D eigenvalue weighted by molar-refractivity contribution is 7.89. The van der Waals surface area contributed by atoms with E-state index in [1.807, 2.05) is 35.1 Å². The van der Waals surface area contributed by atoms with Gasteiger partial charge in [0.1, 0.15) is 0 Å². The predicted octanol–water partition coefficient (Wildman–Crippen LogP) is 4.25. The van der Waals surface area contributed by atoms with E-state index in [0.29, 0.717) is 27.7 Å². The van der Waals surface area contributed by atoms with E-state index in [1.165, 1.54) is 4.57 Å². The van der Waals surface area contributed by atoms with Crippen LogP contribution in [0.4, 0.5) is 13.2 Å². The molecule has 0 aliphatic heterocycles. The van der Waals surface area contributed by atoms with Gasteiger partial charge in [0, 0.05) is 30.9 Å². The lowest BCUT2D eigenvalue weighted by atomic mass is 9.97. The van der Waals surface area contributed by atoms with E-state index < -0.39 is 22.0 Å². The van der Waals surface area contributed by atoms with Gasteiger partial charge < -0.3 is 4.57 Å². The van der Waals surface area contributed by atoms with Crippen LogP contribution < -0.4 is 10.3 Å². The molecule has 0 bridgehead atoms. The molecule has 0 aliphatic carbocycles. The second kappa shape index (κ2) is 9.03. The number of nitrogens with one attached hydrogen (secondary N) is 1. The number of rotatable bonds is 6. The zero-order valence-corrected chi connectivity index (χ0v) is 18.8. The van der Waals surface area contributed by atoms with Crippen LogP contribution in [0.3, 0.4) is 0 Å². The second-order valence-electron chi connectivity index (χ2n) is 7.81. The maximum atomic E-state index is 12.6. The summed E-state index contributed by atoms with van der Waals surface area (Å²) in [7, 11) is -2.83. The molecule has 0 aliphatic rings. The fourth-order valence-corrected chi connectivity index (χ4v) is 4.48. The van der Waals surface area contributed by atoms with E-state index in [2.05, 4.69) is 0 Å². The lowest BCUT2D eigenvalue weighted by Gasteiger charge is -2.13. The van der Waals surface area contributed by atoms with Crippen LogP contribution in [0, 0.1) is 0 Å². The molecule has 176 valence electrons. The molecule has 2 aromatic heterocycles. The minimum absolute atomic E-state index is 0.171. The maximum Gasteiger partial charge on any atom is 0.404 e. The van der Waals surface area contributed by atoms with Crippen LogP contribution in [0.2, 0.25) is 0 Å². The molecule has 0 spiro atoms. The number of aryl methyl sites for hydroxylation is 1. The highest BCUT2D eigenvalue weighted by Gasteiger charge is 2.34. The number of sulfonamides is 1. The number of aromatic nitrogens is 2. The topological polar surface area (TPSA) is 81.1 Å². The molecule has 0 saturated heterocycles. The van der Waals surface area contributed by atoms with Crippen LogP contribution in [-0.2, 0) is 23.6 Å². The normalized spacial score (nSPS) is 12.2. The van der Waals surface area contributed by atoms with Gasteiger partial charge >= 0.3 is 6.18 Å². The molecule has 10 heteroatoms. The summed E-state index contributed by atoms with van der Waals surface area (Å²) in [6, 6.07) is 19.7. The van der Waals surface area contributed by atoms with Gasteiger partial charge in [0.2, 0.25) is 10.0 Å². The molecule has 2 heterocycles. The maximum absolute atomic E-state index is 12.6. The number of hydrogen-bond donors (Lipinski definition) is 1. The zero-order chi connectivity index (χ0) is 24.5. The minimum Gasteiger partial charge on any atom is -0.318 e. The summed E-state index contributed by atoms with van der Waals surface area (Å²) in [6.07, 6.45) is -3.17. The Morgan fingerprint density at radius 2 is 1.65 bits per heavy atom. The van der Waals surface area contributed by atoms with Gasteiger partial charge in [-0.15, -0.1) is 0 Å². The Kier molecular flexibility index (Phi) is 6.28. The number of nitrogens with zero attached hydrogens (tertiary/aromatic N) is 2. The fourth-order valence-electron chi connectivity index (χ4n) is 3.56. The van der Waals surface area contributed by atoms with Crippen LogP contribution in [0.5, 0.6) is 0 Å². The monoisotopic (exact) mass is 487 g/mol. The van der Waals surface area contributed by atoms with Crippen molar-refractivity contribution in [3.8, 4) is 22.4 Å².